The SMILES string of the molecule is CC(C)CC(O)CC(C)O.CCCOc1c[c-]c([N+]([O-])=Nc2ccc(OCCC)cc2)cc1.Cc1ccc(N=Cc2ccc(C)cc2O)cc1.Cc1ccc(N=Cc2ccc(C)cc2O)cc1.Cc1ccc(N=Nc2ccc(C)cc2O)cc1.Cc1ccc(N=Nc2ccc(C)cc2O)cc1.[Pd].[Pd].[Pd]. The summed E-state index contributed by atoms with van der Waals surface area (Å²) in [4.78, 5) is 9.19. The third kappa shape index (κ3) is 36.3. The molecule has 2 atom stereocenters. The first-order valence-electron chi connectivity index (χ1n) is 33.6. The Balaban J connectivity index is 0.000000427. The number of azo groups is 3. The Morgan fingerprint density at radius 3 is 1.08 bits per heavy atom. The van der Waals surface area contributed by atoms with E-state index in [4.69, 9.17) is 14.6 Å². The number of aromatic hydroxyl groups is 4. The Labute approximate surface area is 655 Å². The third-order valence-electron chi connectivity index (χ3n) is 14.3. The number of rotatable bonds is 20. The maximum atomic E-state index is 12.0. The predicted octanol–water partition coefficient (Wildman–Crippen LogP) is 22.5. The van der Waals surface area contributed by atoms with Gasteiger partial charge in [0.15, 0.2) is 0 Å². The van der Waals surface area contributed by atoms with Gasteiger partial charge in [-0.1, -0.05) is 140 Å². The molecule has 0 aliphatic heterocycles. The molecule has 0 aliphatic carbocycles. The molecule has 10 aromatic rings. The van der Waals surface area contributed by atoms with Crippen LogP contribution in [0.25, 0.3) is 0 Å². The van der Waals surface area contributed by atoms with Gasteiger partial charge in [-0.05, 0) is 237 Å². The molecule has 0 saturated carbocycles. The molecule has 104 heavy (non-hydrogen) atoms. The van der Waals surface area contributed by atoms with Crippen molar-refractivity contribution in [2.24, 2.45) is 41.5 Å². The fourth-order valence-corrected chi connectivity index (χ4v) is 8.81. The van der Waals surface area contributed by atoms with Gasteiger partial charge < -0.3 is 45.3 Å². The Bertz CT molecular complexity index is 3830. The molecule has 10 aromatic carbocycles. The molecule has 0 aliphatic rings. The van der Waals surface area contributed by atoms with E-state index >= 15 is 0 Å². The second kappa shape index (κ2) is 49.5. The van der Waals surface area contributed by atoms with Crippen molar-refractivity contribution in [1.82, 2.24) is 0 Å². The summed E-state index contributed by atoms with van der Waals surface area (Å²) in [5.41, 5.74) is 15.5. The summed E-state index contributed by atoms with van der Waals surface area (Å²) in [5, 5.41) is 89.1. The molecule has 6 N–H and O–H groups in total. The van der Waals surface area contributed by atoms with Crippen molar-refractivity contribution in [3.8, 4) is 34.5 Å². The van der Waals surface area contributed by atoms with E-state index in [0.717, 1.165) is 81.1 Å². The largest absolute Gasteiger partial charge is 0.596 e. The van der Waals surface area contributed by atoms with Crippen LogP contribution < -0.4 is 9.47 Å². The topological polar surface area (TPSA) is 252 Å². The molecule has 0 aromatic heterocycles. The van der Waals surface area contributed by atoms with Gasteiger partial charge in [0.05, 0.1) is 48.2 Å². The van der Waals surface area contributed by atoms with Gasteiger partial charge in [0.2, 0.25) is 0 Å². The number of aliphatic hydroxyl groups is 2. The van der Waals surface area contributed by atoms with Crippen molar-refractivity contribution in [3.05, 3.63) is 279 Å². The van der Waals surface area contributed by atoms with Gasteiger partial charge in [0.25, 0.3) is 0 Å². The Morgan fingerprint density at radius 1 is 0.404 bits per heavy atom. The average Bonchev–Trinajstić information content (AvgIpc) is 0.893. The quantitative estimate of drug-likeness (QED) is 0.0106. The molecule has 0 bridgehead atoms. The monoisotopic (exact) mass is 1680 g/mol. The minimum absolute atomic E-state index is 0. The average molecular weight is 1680 g/mol. The molecule has 0 heterocycles. The van der Waals surface area contributed by atoms with E-state index in [-0.39, 0.29) is 96.5 Å². The van der Waals surface area contributed by atoms with Crippen molar-refractivity contribution >= 4 is 57.9 Å². The van der Waals surface area contributed by atoms with Crippen LogP contribution in [0.1, 0.15) is 116 Å². The number of phenolic OH excluding ortho intramolecular Hbond substituents is 4. The fourth-order valence-electron chi connectivity index (χ4n) is 8.81. The maximum Gasteiger partial charge on any atom is 0.143 e. The number of hydrogen-bond acceptors (Lipinski definition) is 16. The van der Waals surface area contributed by atoms with Gasteiger partial charge in [-0.3, -0.25) is 9.98 Å². The van der Waals surface area contributed by atoms with Gasteiger partial charge in [-0.15, -0.1) is 22.4 Å². The van der Waals surface area contributed by atoms with E-state index in [1.165, 1.54) is 22.3 Å². The van der Waals surface area contributed by atoms with E-state index in [9.17, 15) is 30.7 Å². The molecule has 20 heteroatoms. The minimum atomic E-state index is -0.381. The van der Waals surface area contributed by atoms with Crippen LogP contribution in [0.15, 0.2) is 248 Å². The van der Waals surface area contributed by atoms with Crippen molar-refractivity contribution < 1.29 is 106 Å². The van der Waals surface area contributed by atoms with Crippen LogP contribution in [0.2, 0.25) is 0 Å². The standard InChI is InChI=1S/C18H21N2O3.2C15H15NO.2C14H14N2O.C8H18O2.3Pd/c1-3-13-22-17-9-5-15(6-10-17)19-20(21)16-7-11-18(12-8-16)23-14-4-2;2*1-11-4-7-14(8-5-11)16-10-13-6-3-12(2)9-15(13)17;2*1-10-3-6-12(7-4-10)15-16-13-8-5-11(2)9-14(13)17;1-6(2)4-8(10)5-7(3)9;;;/h5-7,9-12H,3-4,13-14H2,1-2H3;2*3-10,17H,1-2H3;2*3-9,17H,1-2H3;6-10H,4-5H2,1-3H3;;;/q-1;;;;;;;;. The summed E-state index contributed by atoms with van der Waals surface area (Å²) in [6, 6.07) is 68.1. The first kappa shape index (κ1) is 90.9. The zero-order valence-electron chi connectivity index (χ0n) is 61.3. The summed E-state index contributed by atoms with van der Waals surface area (Å²) in [6.07, 6.45) is 5.81. The van der Waals surface area contributed by atoms with Crippen LogP contribution in [-0.4, -0.2) is 73.4 Å². The predicted molar refractivity (Wildman–Crippen MR) is 409 cm³/mol. The number of benzene rings is 10. The van der Waals surface area contributed by atoms with E-state index in [1.807, 2.05) is 203 Å². The van der Waals surface area contributed by atoms with E-state index < -0.39 is 0 Å². The van der Waals surface area contributed by atoms with Crippen LogP contribution >= 0.6 is 0 Å². The smallest absolute Gasteiger partial charge is 0.143 e. The second-order valence-corrected chi connectivity index (χ2v) is 24.7. The van der Waals surface area contributed by atoms with Crippen molar-refractivity contribution in [1.29, 1.82) is 0 Å². The zero-order chi connectivity index (χ0) is 73.6. The van der Waals surface area contributed by atoms with Crippen LogP contribution in [-0.2, 0) is 61.3 Å². The molecular formula is C84H97N8O9Pd3-. The first-order chi connectivity index (χ1) is 48.3. The number of ether oxygens (including phenoxy) is 2. The number of nitrogens with zero attached hydrogens (tertiary/aromatic N) is 8. The summed E-state index contributed by atoms with van der Waals surface area (Å²) < 4.78 is 10.9. The molecule has 0 radical (unpaired) electrons. The molecule has 558 valence electrons. The van der Waals surface area contributed by atoms with Crippen LogP contribution in [0, 0.1) is 72.6 Å². The van der Waals surface area contributed by atoms with Gasteiger partial charge in [0, 0.05) is 95.7 Å². The summed E-state index contributed by atoms with van der Waals surface area (Å²) in [7, 11) is 0. The number of hydrogen-bond donors (Lipinski definition) is 6. The van der Waals surface area contributed by atoms with Crippen LogP contribution in [0.3, 0.4) is 0 Å². The molecule has 2 unspecified atom stereocenters. The fraction of sp³-hybridized carbons (Fsp3) is 0.262. The van der Waals surface area contributed by atoms with E-state index in [2.05, 4.69) is 55.5 Å². The number of phenols is 4. The minimum Gasteiger partial charge on any atom is -0.596 e. The number of aliphatic imine (C=N–C) groups is 2. The van der Waals surface area contributed by atoms with Gasteiger partial charge >= 0.3 is 0 Å². The Hall–Kier alpha value is -9.15. The van der Waals surface area contributed by atoms with Crippen molar-refractivity contribution in [2.45, 2.75) is 128 Å². The molecular weight excluding hydrogens is 1580 g/mol. The molecule has 17 nitrogen and oxygen atoms in total. The van der Waals surface area contributed by atoms with Gasteiger partial charge in [0.1, 0.15) is 51.5 Å². The van der Waals surface area contributed by atoms with Crippen molar-refractivity contribution in [2.75, 3.05) is 13.2 Å². The molecule has 0 spiro atoms. The van der Waals surface area contributed by atoms with Crippen molar-refractivity contribution in [3.63, 3.8) is 0 Å². The van der Waals surface area contributed by atoms with E-state index in [0.29, 0.717) is 58.9 Å². The summed E-state index contributed by atoms with van der Waals surface area (Å²) in [5.74, 6) is 2.81. The van der Waals surface area contributed by atoms with E-state index in [1.54, 1.807) is 98.2 Å². The Kier molecular flexibility index (Phi) is 43.3. The molecule has 0 amide bonds. The van der Waals surface area contributed by atoms with Crippen LogP contribution in [0.4, 0.5) is 45.5 Å². The van der Waals surface area contributed by atoms with Crippen LogP contribution in [0.5, 0.6) is 34.5 Å². The molecule has 0 fully saturated rings. The van der Waals surface area contributed by atoms with Gasteiger partial charge in [-0.2, -0.15) is 10.2 Å². The molecule has 10 rings (SSSR count). The maximum absolute atomic E-state index is 12.0. The molecule has 0 saturated heterocycles. The van der Waals surface area contributed by atoms with Gasteiger partial charge in [-0.25, -0.2) is 0 Å². The summed E-state index contributed by atoms with van der Waals surface area (Å²) in [6.45, 7) is 27.1. The number of aliphatic hydroxyl groups excluding tert-OH is 2. The third-order valence-corrected chi connectivity index (χ3v) is 14.3. The second-order valence-electron chi connectivity index (χ2n) is 24.7. The number of aryl methyl sites for hydroxylation is 8. The summed E-state index contributed by atoms with van der Waals surface area (Å²) >= 11 is 0. The first-order valence-corrected chi connectivity index (χ1v) is 33.6. The normalized spacial score (nSPS) is 11.3. The Morgan fingerprint density at radius 2 is 0.740 bits per heavy atom. The zero-order valence-corrected chi connectivity index (χ0v) is 65.9.